The van der Waals surface area contributed by atoms with Crippen LogP contribution in [-0.2, 0) is 4.79 Å². The SMILES string of the molecule is Cc1cccc(OCCN(C)C(=O)C2NCCCC2C)c1. The highest BCUT2D eigenvalue weighted by Crippen LogP contribution is 2.17. The quantitative estimate of drug-likeness (QED) is 0.904. The van der Waals surface area contributed by atoms with E-state index in [0.29, 0.717) is 19.1 Å². The van der Waals surface area contributed by atoms with E-state index in [1.54, 1.807) is 4.90 Å². The van der Waals surface area contributed by atoms with Crippen LogP contribution >= 0.6 is 0 Å². The zero-order valence-corrected chi connectivity index (χ0v) is 13.3. The molecule has 0 aromatic heterocycles. The molecule has 0 radical (unpaired) electrons. The molecule has 1 aliphatic rings. The zero-order chi connectivity index (χ0) is 15.2. The lowest BCUT2D eigenvalue weighted by molar-refractivity contribution is -0.134. The van der Waals surface area contributed by atoms with Crippen LogP contribution in [0.2, 0.25) is 0 Å². The Hall–Kier alpha value is -1.55. The van der Waals surface area contributed by atoms with Crippen LogP contribution in [-0.4, -0.2) is 43.6 Å². The normalized spacial score (nSPS) is 21.9. The molecule has 1 fully saturated rings. The molecule has 1 N–H and O–H groups in total. The Morgan fingerprint density at radius 1 is 1.48 bits per heavy atom. The van der Waals surface area contributed by atoms with Crippen LogP contribution in [0.25, 0.3) is 0 Å². The summed E-state index contributed by atoms with van der Waals surface area (Å²) in [7, 11) is 1.85. The fourth-order valence-electron chi connectivity index (χ4n) is 2.73. The van der Waals surface area contributed by atoms with Crippen molar-refractivity contribution >= 4 is 5.91 Å². The molecule has 1 aromatic carbocycles. The van der Waals surface area contributed by atoms with E-state index in [9.17, 15) is 4.79 Å². The summed E-state index contributed by atoms with van der Waals surface area (Å²) in [6.45, 7) is 6.25. The summed E-state index contributed by atoms with van der Waals surface area (Å²) < 4.78 is 5.71. The largest absolute Gasteiger partial charge is 0.492 e. The molecular formula is C17H26N2O2. The second-order valence-electron chi connectivity index (χ2n) is 5.98. The van der Waals surface area contributed by atoms with Gasteiger partial charge in [-0.05, 0) is 49.9 Å². The van der Waals surface area contributed by atoms with E-state index in [2.05, 4.69) is 12.2 Å². The minimum Gasteiger partial charge on any atom is -0.492 e. The molecule has 2 unspecified atom stereocenters. The Bertz CT molecular complexity index is 476. The van der Waals surface area contributed by atoms with E-state index in [4.69, 9.17) is 4.74 Å². The molecule has 1 aliphatic heterocycles. The maximum Gasteiger partial charge on any atom is 0.239 e. The molecule has 0 spiro atoms. The second kappa shape index (κ2) is 7.46. The highest BCUT2D eigenvalue weighted by Gasteiger charge is 2.29. The minimum absolute atomic E-state index is 0.0391. The van der Waals surface area contributed by atoms with Crippen LogP contribution in [0.5, 0.6) is 5.75 Å². The molecule has 1 amide bonds. The molecule has 4 nitrogen and oxygen atoms in total. The van der Waals surface area contributed by atoms with Crippen molar-refractivity contribution in [3.63, 3.8) is 0 Å². The first-order valence-corrected chi connectivity index (χ1v) is 7.76. The number of nitrogens with one attached hydrogen (secondary N) is 1. The van der Waals surface area contributed by atoms with Crippen LogP contribution in [0.4, 0.5) is 0 Å². The van der Waals surface area contributed by atoms with Gasteiger partial charge in [-0.3, -0.25) is 4.79 Å². The first-order chi connectivity index (χ1) is 10.1. The summed E-state index contributed by atoms with van der Waals surface area (Å²) in [6.07, 6.45) is 2.28. The average Bonchev–Trinajstić information content (AvgIpc) is 2.47. The number of likely N-dealkylation sites (N-methyl/N-ethyl adjacent to an activating group) is 1. The number of hydrogen-bond acceptors (Lipinski definition) is 3. The third kappa shape index (κ3) is 4.46. The van der Waals surface area contributed by atoms with Crippen molar-refractivity contribution < 1.29 is 9.53 Å². The van der Waals surface area contributed by atoms with Gasteiger partial charge >= 0.3 is 0 Å². The Balaban J connectivity index is 1.78. The molecule has 0 aliphatic carbocycles. The number of carbonyl (C=O) groups excluding carboxylic acids is 1. The number of rotatable bonds is 5. The smallest absolute Gasteiger partial charge is 0.239 e. The third-order valence-electron chi connectivity index (χ3n) is 4.10. The van der Waals surface area contributed by atoms with Gasteiger partial charge in [0.1, 0.15) is 12.4 Å². The Morgan fingerprint density at radius 2 is 2.29 bits per heavy atom. The molecule has 0 saturated carbocycles. The number of hydrogen-bond donors (Lipinski definition) is 1. The van der Waals surface area contributed by atoms with Crippen molar-refractivity contribution in [1.82, 2.24) is 10.2 Å². The molecule has 4 heteroatoms. The summed E-state index contributed by atoms with van der Waals surface area (Å²) in [4.78, 5) is 14.2. The van der Waals surface area contributed by atoms with Crippen LogP contribution in [0.3, 0.4) is 0 Å². The van der Waals surface area contributed by atoms with Gasteiger partial charge in [-0.2, -0.15) is 0 Å². The van der Waals surface area contributed by atoms with E-state index in [1.165, 1.54) is 5.56 Å². The topological polar surface area (TPSA) is 41.6 Å². The van der Waals surface area contributed by atoms with Crippen molar-refractivity contribution in [1.29, 1.82) is 0 Å². The molecule has 2 rings (SSSR count). The number of aryl methyl sites for hydroxylation is 1. The Morgan fingerprint density at radius 3 is 3.00 bits per heavy atom. The van der Waals surface area contributed by atoms with Crippen molar-refractivity contribution in [2.24, 2.45) is 5.92 Å². The fraction of sp³-hybridized carbons (Fsp3) is 0.588. The predicted octanol–water partition coefficient (Wildman–Crippen LogP) is 2.22. The number of amides is 1. The van der Waals surface area contributed by atoms with E-state index >= 15 is 0 Å². The van der Waals surface area contributed by atoms with E-state index in [1.807, 2.05) is 38.2 Å². The summed E-state index contributed by atoms with van der Waals surface area (Å²) in [5, 5.41) is 3.33. The van der Waals surface area contributed by atoms with Gasteiger partial charge in [0.15, 0.2) is 0 Å². The molecule has 2 atom stereocenters. The van der Waals surface area contributed by atoms with Gasteiger partial charge in [-0.1, -0.05) is 19.1 Å². The highest BCUT2D eigenvalue weighted by molar-refractivity contribution is 5.82. The summed E-state index contributed by atoms with van der Waals surface area (Å²) in [6, 6.07) is 7.93. The zero-order valence-electron chi connectivity index (χ0n) is 13.3. The van der Waals surface area contributed by atoms with Crippen molar-refractivity contribution in [2.75, 3.05) is 26.7 Å². The van der Waals surface area contributed by atoms with E-state index in [-0.39, 0.29) is 11.9 Å². The molecule has 0 bridgehead atoms. The second-order valence-corrected chi connectivity index (χ2v) is 5.98. The van der Waals surface area contributed by atoms with E-state index in [0.717, 1.165) is 25.1 Å². The molecule has 1 saturated heterocycles. The molecular weight excluding hydrogens is 264 g/mol. The maximum atomic E-state index is 12.4. The molecule has 116 valence electrons. The van der Waals surface area contributed by atoms with Crippen LogP contribution < -0.4 is 10.1 Å². The standard InChI is InChI=1S/C17H26N2O2/c1-13-6-4-8-15(12-13)21-11-10-19(3)17(20)16-14(2)7-5-9-18-16/h4,6,8,12,14,16,18H,5,7,9-11H2,1-3H3. The van der Waals surface area contributed by atoms with Crippen LogP contribution in [0.1, 0.15) is 25.3 Å². The lowest BCUT2D eigenvalue weighted by Crippen LogP contribution is -2.51. The number of nitrogens with zero attached hydrogens (tertiary/aromatic N) is 1. The minimum atomic E-state index is -0.0391. The lowest BCUT2D eigenvalue weighted by Gasteiger charge is -2.32. The number of benzene rings is 1. The Kier molecular flexibility index (Phi) is 5.62. The van der Waals surface area contributed by atoms with Crippen LogP contribution in [0.15, 0.2) is 24.3 Å². The van der Waals surface area contributed by atoms with Gasteiger partial charge in [0.05, 0.1) is 12.6 Å². The fourth-order valence-corrected chi connectivity index (χ4v) is 2.73. The summed E-state index contributed by atoms with van der Waals surface area (Å²) in [5.74, 6) is 1.45. The van der Waals surface area contributed by atoms with E-state index < -0.39 is 0 Å². The van der Waals surface area contributed by atoms with Gasteiger partial charge in [-0.25, -0.2) is 0 Å². The van der Waals surface area contributed by atoms with Gasteiger partial charge in [0.2, 0.25) is 5.91 Å². The Labute approximate surface area is 127 Å². The summed E-state index contributed by atoms with van der Waals surface area (Å²) in [5.41, 5.74) is 1.18. The van der Waals surface area contributed by atoms with Gasteiger partial charge < -0.3 is 15.0 Å². The summed E-state index contributed by atoms with van der Waals surface area (Å²) >= 11 is 0. The predicted molar refractivity (Wildman–Crippen MR) is 84.5 cm³/mol. The van der Waals surface area contributed by atoms with Gasteiger partial charge in [0.25, 0.3) is 0 Å². The molecule has 21 heavy (non-hydrogen) atoms. The third-order valence-corrected chi connectivity index (χ3v) is 4.10. The first-order valence-electron chi connectivity index (χ1n) is 7.76. The van der Waals surface area contributed by atoms with Gasteiger partial charge in [-0.15, -0.1) is 0 Å². The molecule has 1 aromatic rings. The van der Waals surface area contributed by atoms with Crippen molar-refractivity contribution in [2.45, 2.75) is 32.7 Å². The monoisotopic (exact) mass is 290 g/mol. The molecule has 1 heterocycles. The first kappa shape index (κ1) is 15.8. The average molecular weight is 290 g/mol. The number of carbonyl (C=O) groups is 1. The van der Waals surface area contributed by atoms with Crippen molar-refractivity contribution in [3.8, 4) is 5.75 Å². The lowest BCUT2D eigenvalue weighted by atomic mass is 9.92. The number of ether oxygens (including phenoxy) is 1. The van der Waals surface area contributed by atoms with Gasteiger partial charge in [0, 0.05) is 7.05 Å². The van der Waals surface area contributed by atoms with Crippen molar-refractivity contribution in [3.05, 3.63) is 29.8 Å². The number of piperidine rings is 1. The highest BCUT2D eigenvalue weighted by atomic mass is 16.5. The van der Waals surface area contributed by atoms with Crippen LogP contribution in [0, 0.1) is 12.8 Å². The maximum absolute atomic E-state index is 12.4.